The van der Waals surface area contributed by atoms with Crippen molar-refractivity contribution < 1.29 is 0 Å². The number of hydrogen-bond acceptors (Lipinski definition) is 0. The first-order chi connectivity index (χ1) is 21.9. The van der Waals surface area contributed by atoms with Crippen LogP contribution >= 0.6 is 0 Å². The third-order valence-electron chi connectivity index (χ3n) is 9.04. The lowest BCUT2D eigenvalue weighted by molar-refractivity contribution is 0.890. The molecule has 1 aliphatic rings. The molecule has 0 fully saturated rings. The number of para-hydroxylation sites is 4. The summed E-state index contributed by atoms with van der Waals surface area (Å²) >= 11 is 0. The molecular formula is C42H28N2. The van der Waals surface area contributed by atoms with Crippen LogP contribution in [0.5, 0.6) is 0 Å². The normalized spacial score (nSPS) is 12.5. The Morgan fingerprint density at radius 3 is 2.00 bits per heavy atom. The molecule has 0 spiro atoms. The summed E-state index contributed by atoms with van der Waals surface area (Å²) in [7, 11) is 0. The molecule has 0 saturated carbocycles. The zero-order valence-corrected chi connectivity index (χ0v) is 24.2. The third-order valence-corrected chi connectivity index (χ3v) is 9.04. The molecule has 0 unspecified atom stereocenters. The molecule has 8 aromatic rings. The highest BCUT2D eigenvalue weighted by Crippen LogP contribution is 2.42. The lowest BCUT2D eigenvalue weighted by Crippen LogP contribution is -2.06. The van der Waals surface area contributed by atoms with Crippen molar-refractivity contribution >= 4 is 38.8 Å². The Labute approximate surface area is 256 Å². The van der Waals surface area contributed by atoms with Crippen molar-refractivity contribution in [3.8, 4) is 33.6 Å². The molecular weight excluding hydrogens is 532 g/mol. The summed E-state index contributed by atoms with van der Waals surface area (Å²) in [6, 6.07) is 54.7. The molecule has 206 valence electrons. The van der Waals surface area contributed by atoms with Crippen LogP contribution in [0, 0.1) is 12.1 Å². The molecule has 0 atom stereocenters. The van der Waals surface area contributed by atoms with Crippen LogP contribution in [0.1, 0.15) is 17.7 Å². The van der Waals surface area contributed by atoms with E-state index in [1.807, 2.05) is 6.07 Å². The second kappa shape index (κ2) is 9.90. The van der Waals surface area contributed by atoms with Gasteiger partial charge in [-0.15, -0.1) is 0 Å². The Morgan fingerprint density at radius 2 is 1.25 bits per heavy atom. The highest BCUT2D eigenvalue weighted by Gasteiger charge is 2.23. The van der Waals surface area contributed by atoms with Crippen LogP contribution in [0.3, 0.4) is 0 Å². The number of nitrogens with zero attached hydrogens (tertiary/aromatic N) is 2. The summed E-state index contributed by atoms with van der Waals surface area (Å²) in [5.74, 6) is 0. The van der Waals surface area contributed by atoms with Crippen LogP contribution < -0.4 is 0 Å². The van der Waals surface area contributed by atoms with Crippen molar-refractivity contribution in [3.05, 3.63) is 163 Å². The van der Waals surface area contributed by atoms with Gasteiger partial charge in [0.1, 0.15) is 0 Å². The van der Waals surface area contributed by atoms with E-state index in [4.69, 9.17) is 0 Å². The maximum Gasteiger partial charge on any atom is 0.0622 e. The molecule has 0 aliphatic heterocycles. The van der Waals surface area contributed by atoms with Crippen LogP contribution in [-0.4, -0.2) is 9.13 Å². The van der Waals surface area contributed by atoms with Crippen molar-refractivity contribution in [1.82, 2.24) is 9.13 Å². The zero-order valence-electron chi connectivity index (χ0n) is 24.2. The van der Waals surface area contributed by atoms with E-state index in [2.05, 4.69) is 161 Å². The first-order valence-electron chi connectivity index (χ1n) is 15.3. The van der Waals surface area contributed by atoms with Gasteiger partial charge in [-0.1, -0.05) is 115 Å². The van der Waals surface area contributed by atoms with Crippen LogP contribution in [0.25, 0.3) is 72.4 Å². The minimum Gasteiger partial charge on any atom is -0.312 e. The molecule has 0 radical (unpaired) electrons. The van der Waals surface area contributed by atoms with E-state index in [1.54, 1.807) is 0 Å². The predicted molar refractivity (Wildman–Crippen MR) is 184 cm³/mol. The molecule has 6 aromatic carbocycles. The van der Waals surface area contributed by atoms with Crippen LogP contribution in [-0.2, 0) is 6.42 Å². The van der Waals surface area contributed by atoms with E-state index >= 15 is 0 Å². The van der Waals surface area contributed by atoms with Crippen molar-refractivity contribution in [3.63, 3.8) is 0 Å². The number of aromatic nitrogens is 2. The average molecular weight is 561 g/mol. The van der Waals surface area contributed by atoms with Crippen LogP contribution in [0.4, 0.5) is 0 Å². The highest BCUT2D eigenvalue weighted by molar-refractivity contribution is 6.09. The quantitative estimate of drug-likeness (QED) is 0.203. The lowest BCUT2D eigenvalue weighted by atomic mass is 9.95. The summed E-state index contributed by atoms with van der Waals surface area (Å²) in [6.07, 6.45) is 6.65. The van der Waals surface area contributed by atoms with Gasteiger partial charge in [0.25, 0.3) is 0 Å². The fourth-order valence-corrected chi connectivity index (χ4v) is 7.19. The van der Waals surface area contributed by atoms with E-state index in [0.717, 1.165) is 29.7 Å². The largest absolute Gasteiger partial charge is 0.312 e. The van der Waals surface area contributed by atoms with Crippen molar-refractivity contribution in [2.24, 2.45) is 0 Å². The summed E-state index contributed by atoms with van der Waals surface area (Å²) in [4.78, 5) is 0. The maximum absolute atomic E-state index is 3.41. The van der Waals surface area contributed by atoms with Crippen molar-refractivity contribution in [2.75, 3.05) is 0 Å². The Morgan fingerprint density at radius 1 is 0.568 bits per heavy atom. The van der Waals surface area contributed by atoms with Crippen molar-refractivity contribution in [1.29, 1.82) is 0 Å². The summed E-state index contributed by atoms with van der Waals surface area (Å²) in [5.41, 5.74) is 13.3. The number of allylic oxidation sites excluding steroid dienone is 1. The predicted octanol–water partition coefficient (Wildman–Crippen LogP) is 10.6. The van der Waals surface area contributed by atoms with Gasteiger partial charge in [-0.2, -0.15) is 0 Å². The fraction of sp³-hybridized carbons (Fsp3) is 0.0476. The summed E-state index contributed by atoms with van der Waals surface area (Å²) < 4.78 is 4.92. The summed E-state index contributed by atoms with van der Waals surface area (Å²) in [6.45, 7) is 0. The molecule has 44 heavy (non-hydrogen) atoms. The van der Waals surface area contributed by atoms with E-state index in [-0.39, 0.29) is 0 Å². The van der Waals surface area contributed by atoms with Gasteiger partial charge >= 0.3 is 0 Å². The van der Waals surface area contributed by atoms with E-state index < -0.39 is 0 Å². The Kier molecular flexibility index (Phi) is 5.58. The van der Waals surface area contributed by atoms with Gasteiger partial charge in [-0.25, -0.2) is 0 Å². The fourth-order valence-electron chi connectivity index (χ4n) is 7.19. The molecule has 1 aliphatic carbocycles. The molecule has 9 rings (SSSR count). The standard InChI is InChI=1S/C42H28N2/c1-2-14-29(15-3-1)32-22-13-23-33(42(32)44-40-26-10-6-20-36(40)37-21-7-11-27-41(37)44)30-16-12-17-31(28-30)43-38-24-8-4-18-34(38)35-19-5-9-25-39(35)43/h1-2,4-10,12-14,16-26,28H,11,27H2. The monoisotopic (exact) mass is 560 g/mol. The van der Waals surface area contributed by atoms with Gasteiger partial charge in [0, 0.05) is 49.8 Å². The van der Waals surface area contributed by atoms with Gasteiger partial charge in [0.15, 0.2) is 0 Å². The van der Waals surface area contributed by atoms with Gasteiger partial charge in [0.2, 0.25) is 0 Å². The molecule has 0 bridgehead atoms. The van der Waals surface area contributed by atoms with Gasteiger partial charge < -0.3 is 9.13 Å². The van der Waals surface area contributed by atoms with Gasteiger partial charge in [-0.05, 0) is 60.9 Å². The minimum absolute atomic E-state index is 1.00. The molecule has 2 heteroatoms. The third kappa shape index (κ3) is 3.70. The number of fused-ring (bicyclic) bond motifs is 6. The number of benzene rings is 5. The molecule has 2 nitrogen and oxygen atoms in total. The Balaban J connectivity index is 1.35. The van der Waals surface area contributed by atoms with Gasteiger partial charge in [-0.3, -0.25) is 0 Å². The Hall–Kier alpha value is -5.78. The highest BCUT2D eigenvalue weighted by atomic mass is 15.0. The molecule has 2 heterocycles. The maximum atomic E-state index is 3.41. The lowest BCUT2D eigenvalue weighted by Gasteiger charge is -2.21. The van der Waals surface area contributed by atoms with Crippen LogP contribution in [0.2, 0.25) is 0 Å². The van der Waals surface area contributed by atoms with E-state index in [1.165, 1.54) is 60.8 Å². The Bertz CT molecular complexity index is 2330. The minimum atomic E-state index is 1.00. The van der Waals surface area contributed by atoms with Crippen molar-refractivity contribution in [2.45, 2.75) is 12.8 Å². The summed E-state index contributed by atoms with van der Waals surface area (Å²) in [5, 5.41) is 3.83. The smallest absolute Gasteiger partial charge is 0.0622 e. The zero-order chi connectivity index (χ0) is 29.0. The number of hydrogen-bond donors (Lipinski definition) is 0. The molecule has 2 aromatic heterocycles. The molecule has 0 amide bonds. The first kappa shape index (κ1) is 24.8. The topological polar surface area (TPSA) is 9.86 Å². The molecule has 0 saturated heterocycles. The first-order valence-corrected chi connectivity index (χ1v) is 15.3. The second-order valence-electron chi connectivity index (χ2n) is 11.5. The van der Waals surface area contributed by atoms with E-state index in [0.29, 0.717) is 0 Å². The van der Waals surface area contributed by atoms with Crippen LogP contribution in [0.15, 0.2) is 140 Å². The van der Waals surface area contributed by atoms with E-state index in [9.17, 15) is 0 Å². The SMILES string of the molecule is c1cccc(-c2cccc(-c3cccc(-n4c5ccccc5c5ccccc54)c3)c2-n2c3c(c4ccccc42)C=CCC3)c#1. The molecule has 0 N–H and O–H groups in total. The second-order valence-corrected chi connectivity index (χ2v) is 11.5. The average Bonchev–Trinajstić information content (AvgIpc) is 3.61. The van der Waals surface area contributed by atoms with Gasteiger partial charge in [0.05, 0.1) is 22.2 Å². The number of rotatable bonds is 4.